The van der Waals surface area contributed by atoms with Gasteiger partial charge in [-0.2, -0.15) is 0 Å². The summed E-state index contributed by atoms with van der Waals surface area (Å²) in [5, 5.41) is 9.33. The summed E-state index contributed by atoms with van der Waals surface area (Å²) in [5.74, 6) is 0.0864. The van der Waals surface area contributed by atoms with Gasteiger partial charge >= 0.3 is 0 Å². The second kappa shape index (κ2) is 4.48. The molecule has 1 aromatic carbocycles. The zero-order chi connectivity index (χ0) is 14.5. The van der Waals surface area contributed by atoms with E-state index in [4.69, 9.17) is 5.73 Å². The molecule has 2 fully saturated rings. The van der Waals surface area contributed by atoms with Gasteiger partial charge in [0.2, 0.25) is 5.91 Å². The van der Waals surface area contributed by atoms with E-state index in [0.717, 1.165) is 12.8 Å². The highest BCUT2D eigenvalue weighted by molar-refractivity contribution is 5.81. The van der Waals surface area contributed by atoms with Gasteiger partial charge in [-0.05, 0) is 49.3 Å². The topological polar surface area (TPSA) is 66.6 Å². The summed E-state index contributed by atoms with van der Waals surface area (Å²) in [7, 11) is 0. The number of primary amides is 1. The molecule has 108 valence electrons. The summed E-state index contributed by atoms with van der Waals surface area (Å²) in [6.45, 7) is 4.41. The van der Waals surface area contributed by atoms with Gasteiger partial charge in [0.15, 0.2) is 0 Å². The molecule has 1 aromatic rings. The third-order valence-electron chi connectivity index (χ3n) is 4.99. The first kappa shape index (κ1) is 13.4. The largest absolute Gasteiger partial charge is 0.508 e. The van der Waals surface area contributed by atoms with Crippen LogP contribution in [0.25, 0.3) is 0 Å². The Morgan fingerprint density at radius 3 is 2.70 bits per heavy atom. The van der Waals surface area contributed by atoms with Crippen LogP contribution in [-0.4, -0.2) is 34.0 Å². The molecule has 3 rings (SSSR count). The third kappa shape index (κ3) is 2.18. The summed E-state index contributed by atoms with van der Waals surface area (Å²) >= 11 is 0. The first-order valence-electron chi connectivity index (χ1n) is 7.25. The van der Waals surface area contributed by atoms with E-state index >= 15 is 0 Å². The Morgan fingerprint density at radius 2 is 2.10 bits per heavy atom. The summed E-state index contributed by atoms with van der Waals surface area (Å²) in [6, 6.07) is 7.96. The Hall–Kier alpha value is -1.55. The van der Waals surface area contributed by atoms with E-state index in [0.29, 0.717) is 11.5 Å². The second-order valence-corrected chi connectivity index (χ2v) is 6.66. The van der Waals surface area contributed by atoms with Gasteiger partial charge < -0.3 is 10.8 Å². The minimum absolute atomic E-state index is 0.120. The quantitative estimate of drug-likeness (QED) is 0.877. The van der Waals surface area contributed by atoms with E-state index in [1.165, 1.54) is 12.0 Å². The number of rotatable bonds is 4. The fourth-order valence-electron chi connectivity index (χ4n) is 3.77. The van der Waals surface area contributed by atoms with Crippen molar-refractivity contribution in [3.8, 4) is 5.75 Å². The molecule has 1 saturated carbocycles. The summed E-state index contributed by atoms with van der Waals surface area (Å²) < 4.78 is 0. The number of nitrogens with zero attached hydrogens (tertiary/aromatic N) is 1. The number of amides is 1. The number of aromatic hydroxyl groups is 1. The van der Waals surface area contributed by atoms with Gasteiger partial charge in [0.05, 0.1) is 6.04 Å². The molecule has 1 heterocycles. The molecular formula is C16H22N2O2. The number of phenolic OH excluding ortho intramolecular Hbond substituents is 1. The number of carbonyl (C=O) groups is 1. The van der Waals surface area contributed by atoms with Gasteiger partial charge in [-0.25, -0.2) is 0 Å². The maximum Gasteiger partial charge on any atom is 0.234 e. The van der Waals surface area contributed by atoms with Crippen LogP contribution in [0.2, 0.25) is 0 Å². The minimum Gasteiger partial charge on any atom is -0.508 e. The summed E-state index contributed by atoms with van der Waals surface area (Å²) in [6.07, 6.45) is 2.94. The van der Waals surface area contributed by atoms with Crippen molar-refractivity contribution in [2.24, 2.45) is 11.1 Å². The lowest BCUT2D eigenvalue weighted by molar-refractivity contribution is -0.123. The maximum atomic E-state index is 11.7. The maximum absolute atomic E-state index is 11.7. The molecule has 3 N–H and O–H groups in total. The number of benzene rings is 1. The van der Waals surface area contributed by atoms with Crippen LogP contribution >= 0.6 is 0 Å². The number of hydrogen-bond donors (Lipinski definition) is 2. The fraction of sp³-hybridized carbons (Fsp3) is 0.562. The van der Waals surface area contributed by atoms with Crippen molar-refractivity contribution in [1.82, 2.24) is 4.90 Å². The van der Waals surface area contributed by atoms with Crippen molar-refractivity contribution in [2.75, 3.05) is 0 Å². The summed E-state index contributed by atoms with van der Waals surface area (Å²) in [4.78, 5) is 14.0. The molecule has 0 spiro atoms. The highest BCUT2D eigenvalue weighted by Gasteiger charge is 2.63. The molecule has 1 saturated heterocycles. The predicted octanol–water partition coefficient (Wildman–Crippen LogP) is 1.66. The molecule has 1 amide bonds. The normalized spacial score (nSPS) is 33.7. The van der Waals surface area contributed by atoms with Crippen LogP contribution in [0, 0.1) is 5.41 Å². The van der Waals surface area contributed by atoms with Crippen LogP contribution in [0.15, 0.2) is 24.3 Å². The molecule has 0 aromatic heterocycles. The molecule has 1 aliphatic heterocycles. The van der Waals surface area contributed by atoms with Crippen molar-refractivity contribution >= 4 is 5.91 Å². The van der Waals surface area contributed by atoms with Crippen molar-refractivity contribution in [2.45, 2.75) is 51.2 Å². The van der Waals surface area contributed by atoms with Crippen molar-refractivity contribution in [3.05, 3.63) is 29.8 Å². The number of phenols is 1. The Labute approximate surface area is 119 Å². The average molecular weight is 274 g/mol. The Balaban J connectivity index is 1.74. The molecular weight excluding hydrogens is 252 g/mol. The lowest BCUT2D eigenvalue weighted by Gasteiger charge is -2.31. The Bertz CT molecular complexity index is 528. The van der Waals surface area contributed by atoms with Gasteiger partial charge in [0.1, 0.15) is 5.75 Å². The highest BCUT2D eigenvalue weighted by atomic mass is 16.3. The SMILES string of the molecule is CC(Cc1ccc(O)cc1)N1C(C(N)=O)CC2(C)CC12. The molecule has 4 heteroatoms. The lowest BCUT2D eigenvalue weighted by atomic mass is 10.0. The Kier molecular flexibility index (Phi) is 3.01. The monoisotopic (exact) mass is 274 g/mol. The molecule has 0 bridgehead atoms. The first-order valence-corrected chi connectivity index (χ1v) is 7.25. The van der Waals surface area contributed by atoms with Crippen molar-refractivity contribution < 1.29 is 9.90 Å². The highest BCUT2D eigenvalue weighted by Crippen LogP contribution is 2.59. The van der Waals surface area contributed by atoms with Crippen LogP contribution in [0.5, 0.6) is 5.75 Å². The smallest absolute Gasteiger partial charge is 0.234 e. The number of hydrogen-bond acceptors (Lipinski definition) is 3. The van der Waals surface area contributed by atoms with E-state index in [2.05, 4.69) is 18.7 Å². The zero-order valence-corrected chi connectivity index (χ0v) is 12.0. The number of likely N-dealkylation sites (tertiary alicyclic amines) is 1. The molecule has 4 atom stereocenters. The van der Waals surface area contributed by atoms with Crippen LogP contribution in [-0.2, 0) is 11.2 Å². The van der Waals surface area contributed by atoms with Gasteiger partial charge in [-0.1, -0.05) is 19.1 Å². The van der Waals surface area contributed by atoms with Crippen molar-refractivity contribution in [1.29, 1.82) is 0 Å². The number of carbonyl (C=O) groups excluding carboxylic acids is 1. The number of fused-ring (bicyclic) bond motifs is 1. The molecule has 4 nitrogen and oxygen atoms in total. The molecule has 4 unspecified atom stereocenters. The molecule has 1 aliphatic carbocycles. The van der Waals surface area contributed by atoms with E-state index in [-0.39, 0.29) is 23.7 Å². The van der Waals surface area contributed by atoms with Gasteiger partial charge in [0.25, 0.3) is 0 Å². The van der Waals surface area contributed by atoms with Gasteiger partial charge in [-0.3, -0.25) is 9.69 Å². The van der Waals surface area contributed by atoms with E-state index in [1.807, 2.05) is 12.1 Å². The standard InChI is InChI=1S/C16H22N2O2/c1-10(7-11-3-5-12(19)6-4-11)18-13(15(17)20)8-16(2)9-14(16)18/h3-6,10,13-14,19H,7-9H2,1-2H3,(H2,17,20). The van der Waals surface area contributed by atoms with E-state index in [1.54, 1.807) is 12.1 Å². The molecule has 20 heavy (non-hydrogen) atoms. The average Bonchev–Trinajstić information content (AvgIpc) is 2.94. The van der Waals surface area contributed by atoms with E-state index < -0.39 is 0 Å². The zero-order valence-electron chi connectivity index (χ0n) is 12.0. The molecule has 2 aliphatic rings. The van der Waals surface area contributed by atoms with Gasteiger partial charge in [-0.15, -0.1) is 0 Å². The van der Waals surface area contributed by atoms with E-state index in [9.17, 15) is 9.90 Å². The second-order valence-electron chi connectivity index (χ2n) is 6.66. The fourth-order valence-corrected chi connectivity index (χ4v) is 3.77. The van der Waals surface area contributed by atoms with Crippen LogP contribution in [0.1, 0.15) is 32.3 Å². The van der Waals surface area contributed by atoms with Crippen molar-refractivity contribution in [3.63, 3.8) is 0 Å². The number of nitrogens with two attached hydrogens (primary N) is 1. The predicted molar refractivity (Wildman–Crippen MR) is 77.2 cm³/mol. The number of piperidine rings is 1. The van der Waals surface area contributed by atoms with Gasteiger partial charge in [0, 0.05) is 12.1 Å². The van der Waals surface area contributed by atoms with Crippen LogP contribution < -0.4 is 5.73 Å². The molecule has 0 radical (unpaired) electrons. The third-order valence-corrected chi connectivity index (χ3v) is 4.99. The van der Waals surface area contributed by atoms with Crippen LogP contribution in [0.4, 0.5) is 0 Å². The lowest BCUT2D eigenvalue weighted by Crippen LogP contribution is -2.47. The Morgan fingerprint density at radius 1 is 1.45 bits per heavy atom. The summed E-state index contributed by atoms with van der Waals surface area (Å²) in [5.41, 5.74) is 7.04. The minimum atomic E-state index is -0.198. The first-order chi connectivity index (χ1) is 9.40. The van der Waals surface area contributed by atoms with Crippen LogP contribution in [0.3, 0.4) is 0 Å².